The molecule has 0 radical (unpaired) electrons. The summed E-state index contributed by atoms with van der Waals surface area (Å²) in [7, 11) is 2.17. The summed E-state index contributed by atoms with van der Waals surface area (Å²) in [6, 6.07) is 18.8. The summed E-state index contributed by atoms with van der Waals surface area (Å²) in [5.74, 6) is -0.332. The van der Waals surface area contributed by atoms with Crippen molar-refractivity contribution in [2.75, 3.05) is 13.6 Å². The van der Waals surface area contributed by atoms with E-state index in [1.807, 2.05) is 18.2 Å². The van der Waals surface area contributed by atoms with Gasteiger partial charge in [0.05, 0.1) is 0 Å². The van der Waals surface area contributed by atoms with Crippen LogP contribution < -0.4 is 5.32 Å². The minimum Gasteiger partial charge on any atom is -0.301 e. The standard InChI is InChI=1S/C26H34N2O2/c1-20-10-12-21(13-11-20)14-17-28(4)25(2,3)15-16-26(22-8-6-5-7-9-22)18-23(29)27-24(30)19-26/h5-13H,14-19H2,1-4H3,(H,27,29,30). The predicted molar refractivity (Wildman–Crippen MR) is 121 cm³/mol. The molecule has 4 nitrogen and oxygen atoms in total. The highest BCUT2D eigenvalue weighted by Crippen LogP contribution is 2.40. The molecular weight excluding hydrogens is 372 g/mol. The number of hydrogen-bond acceptors (Lipinski definition) is 3. The van der Waals surface area contributed by atoms with Gasteiger partial charge in [0.25, 0.3) is 0 Å². The molecule has 0 unspecified atom stereocenters. The lowest BCUT2D eigenvalue weighted by Gasteiger charge is -2.42. The number of piperidine rings is 1. The third-order valence-corrected chi connectivity index (χ3v) is 6.77. The summed E-state index contributed by atoms with van der Waals surface area (Å²) in [6.45, 7) is 7.59. The van der Waals surface area contributed by atoms with Crippen LogP contribution in [-0.2, 0) is 21.4 Å². The zero-order valence-corrected chi connectivity index (χ0v) is 18.7. The molecule has 1 heterocycles. The van der Waals surface area contributed by atoms with E-state index in [-0.39, 0.29) is 17.4 Å². The summed E-state index contributed by atoms with van der Waals surface area (Å²) in [5.41, 5.74) is 3.26. The van der Waals surface area contributed by atoms with Gasteiger partial charge in [0.1, 0.15) is 0 Å². The monoisotopic (exact) mass is 406 g/mol. The molecule has 0 saturated carbocycles. The number of benzene rings is 2. The van der Waals surface area contributed by atoms with Crippen LogP contribution in [0, 0.1) is 6.92 Å². The molecule has 1 fully saturated rings. The molecular formula is C26H34N2O2. The number of amides is 2. The van der Waals surface area contributed by atoms with Crippen LogP contribution in [0.5, 0.6) is 0 Å². The van der Waals surface area contributed by atoms with Crippen LogP contribution >= 0.6 is 0 Å². The van der Waals surface area contributed by atoms with Crippen LogP contribution in [0.4, 0.5) is 0 Å². The average Bonchev–Trinajstić information content (AvgIpc) is 2.71. The van der Waals surface area contributed by atoms with Crippen LogP contribution in [0.25, 0.3) is 0 Å². The highest BCUT2D eigenvalue weighted by Gasteiger charge is 2.42. The van der Waals surface area contributed by atoms with Crippen LogP contribution in [-0.4, -0.2) is 35.8 Å². The number of aryl methyl sites for hydroxylation is 1. The maximum atomic E-state index is 12.3. The van der Waals surface area contributed by atoms with Crippen molar-refractivity contribution in [3.05, 3.63) is 71.3 Å². The highest BCUT2D eigenvalue weighted by atomic mass is 16.2. The average molecular weight is 407 g/mol. The second-order valence-electron chi connectivity index (χ2n) is 9.44. The summed E-state index contributed by atoms with van der Waals surface area (Å²) >= 11 is 0. The van der Waals surface area contributed by atoms with Gasteiger partial charge in [-0.1, -0.05) is 60.2 Å². The van der Waals surface area contributed by atoms with E-state index in [1.165, 1.54) is 11.1 Å². The maximum absolute atomic E-state index is 12.3. The molecule has 1 aliphatic heterocycles. The largest absolute Gasteiger partial charge is 0.301 e. The van der Waals surface area contributed by atoms with E-state index < -0.39 is 5.41 Å². The molecule has 30 heavy (non-hydrogen) atoms. The number of likely N-dealkylation sites (N-methyl/N-ethyl adjacent to an activating group) is 1. The Labute approximate surface area is 180 Å². The summed E-state index contributed by atoms with van der Waals surface area (Å²) in [5, 5.41) is 2.48. The van der Waals surface area contributed by atoms with Gasteiger partial charge in [-0.25, -0.2) is 0 Å². The fourth-order valence-electron chi connectivity index (χ4n) is 4.33. The highest BCUT2D eigenvalue weighted by molar-refractivity contribution is 5.99. The molecule has 1 aliphatic rings. The van der Waals surface area contributed by atoms with E-state index in [4.69, 9.17) is 0 Å². The topological polar surface area (TPSA) is 49.4 Å². The molecule has 0 aromatic heterocycles. The van der Waals surface area contributed by atoms with Crippen LogP contribution in [0.2, 0.25) is 0 Å². The zero-order chi connectivity index (χ0) is 21.8. The van der Waals surface area contributed by atoms with E-state index in [9.17, 15) is 9.59 Å². The van der Waals surface area contributed by atoms with Gasteiger partial charge >= 0.3 is 0 Å². The number of nitrogens with zero attached hydrogens (tertiary/aromatic N) is 1. The lowest BCUT2D eigenvalue weighted by molar-refractivity contribution is -0.136. The van der Waals surface area contributed by atoms with Gasteiger partial charge in [-0.05, 0) is 58.2 Å². The second-order valence-corrected chi connectivity index (χ2v) is 9.44. The van der Waals surface area contributed by atoms with Crippen LogP contribution in [0.15, 0.2) is 54.6 Å². The first-order valence-corrected chi connectivity index (χ1v) is 10.9. The minimum absolute atomic E-state index is 0.0382. The normalized spacial score (nSPS) is 16.6. The third-order valence-electron chi connectivity index (χ3n) is 6.77. The Balaban J connectivity index is 1.69. The number of rotatable bonds is 8. The number of carbonyl (C=O) groups excluding carboxylic acids is 2. The SMILES string of the molecule is Cc1ccc(CCN(C)C(C)(C)CCC2(c3ccccc3)CC(=O)NC(=O)C2)cc1. The summed E-state index contributed by atoms with van der Waals surface area (Å²) in [4.78, 5) is 26.9. The number of hydrogen-bond donors (Lipinski definition) is 1. The first-order chi connectivity index (χ1) is 14.2. The number of carbonyl (C=O) groups is 2. The van der Waals surface area contributed by atoms with Crippen molar-refractivity contribution >= 4 is 11.8 Å². The molecule has 3 rings (SSSR count). The van der Waals surface area contributed by atoms with Gasteiger partial charge in [-0.2, -0.15) is 0 Å². The van der Waals surface area contributed by atoms with Gasteiger partial charge in [-0.3, -0.25) is 14.9 Å². The molecule has 2 amide bonds. The fraction of sp³-hybridized carbons (Fsp3) is 0.462. The van der Waals surface area contributed by atoms with Crippen molar-refractivity contribution in [2.24, 2.45) is 0 Å². The quantitative estimate of drug-likeness (QED) is 0.661. The minimum atomic E-state index is -0.421. The Hall–Kier alpha value is -2.46. The number of imide groups is 1. The zero-order valence-electron chi connectivity index (χ0n) is 18.7. The van der Waals surface area contributed by atoms with E-state index >= 15 is 0 Å². The molecule has 0 atom stereocenters. The Morgan fingerprint density at radius 3 is 2.17 bits per heavy atom. The molecule has 0 spiro atoms. The lowest BCUT2D eigenvalue weighted by atomic mass is 9.68. The molecule has 1 saturated heterocycles. The molecule has 4 heteroatoms. The van der Waals surface area contributed by atoms with Gasteiger partial charge < -0.3 is 4.90 Å². The summed E-state index contributed by atoms with van der Waals surface area (Å²) in [6.07, 6.45) is 3.45. The Bertz CT molecular complexity index is 856. The molecule has 2 aromatic rings. The Morgan fingerprint density at radius 2 is 1.57 bits per heavy atom. The first-order valence-electron chi connectivity index (χ1n) is 10.9. The molecule has 160 valence electrons. The summed E-state index contributed by atoms with van der Waals surface area (Å²) < 4.78 is 0. The first kappa shape index (κ1) is 22.2. The Morgan fingerprint density at radius 1 is 0.967 bits per heavy atom. The molecule has 0 bridgehead atoms. The van der Waals surface area contributed by atoms with E-state index in [0.717, 1.165) is 31.4 Å². The number of nitrogens with one attached hydrogen (secondary N) is 1. The van der Waals surface area contributed by atoms with Crippen molar-refractivity contribution in [3.63, 3.8) is 0 Å². The lowest BCUT2D eigenvalue weighted by Crippen LogP contribution is -2.49. The van der Waals surface area contributed by atoms with Crippen LogP contribution in [0.3, 0.4) is 0 Å². The smallest absolute Gasteiger partial charge is 0.227 e. The third kappa shape index (κ3) is 5.37. The van der Waals surface area contributed by atoms with Gasteiger partial charge in [-0.15, -0.1) is 0 Å². The van der Waals surface area contributed by atoms with E-state index in [0.29, 0.717) is 12.8 Å². The van der Waals surface area contributed by atoms with Crippen molar-refractivity contribution in [1.82, 2.24) is 10.2 Å². The van der Waals surface area contributed by atoms with Crippen molar-refractivity contribution in [3.8, 4) is 0 Å². The predicted octanol–water partition coefficient (Wildman–Crippen LogP) is 4.40. The molecule has 1 N–H and O–H groups in total. The van der Waals surface area contributed by atoms with Crippen molar-refractivity contribution in [2.45, 2.75) is 63.8 Å². The molecule has 2 aromatic carbocycles. The van der Waals surface area contributed by atoms with Gasteiger partial charge in [0.15, 0.2) is 0 Å². The van der Waals surface area contributed by atoms with Gasteiger partial charge in [0, 0.05) is 30.3 Å². The fourth-order valence-corrected chi connectivity index (χ4v) is 4.33. The van der Waals surface area contributed by atoms with Crippen LogP contribution in [0.1, 0.15) is 56.2 Å². The Kier molecular flexibility index (Phi) is 6.77. The van der Waals surface area contributed by atoms with Gasteiger partial charge in [0.2, 0.25) is 11.8 Å². The van der Waals surface area contributed by atoms with Crippen molar-refractivity contribution in [1.29, 1.82) is 0 Å². The van der Waals surface area contributed by atoms with Crippen molar-refractivity contribution < 1.29 is 9.59 Å². The van der Waals surface area contributed by atoms with E-state index in [2.05, 4.69) is 74.4 Å². The second kappa shape index (κ2) is 9.13. The maximum Gasteiger partial charge on any atom is 0.227 e. The van der Waals surface area contributed by atoms with E-state index in [1.54, 1.807) is 0 Å². The molecule has 0 aliphatic carbocycles.